The lowest BCUT2D eigenvalue weighted by atomic mass is 10.2. The molecule has 0 fully saturated rings. The fraction of sp³-hybridized carbons (Fsp3) is 0.105. The summed E-state index contributed by atoms with van der Waals surface area (Å²) >= 11 is 0. The van der Waals surface area contributed by atoms with Crippen LogP contribution in [0.2, 0.25) is 0 Å². The molecule has 2 aromatic carbocycles. The average molecular weight is 424 g/mol. The molecular weight excluding hydrogens is 409 g/mol. The summed E-state index contributed by atoms with van der Waals surface area (Å²) in [7, 11) is -3.67. The minimum absolute atomic E-state index is 0.0229. The van der Waals surface area contributed by atoms with E-state index in [4.69, 9.17) is 4.42 Å². The molecule has 0 radical (unpaired) electrons. The number of benzene rings is 2. The minimum Gasteiger partial charge on any atom is -0.455 e. The third-order valence-electron chi connectivity index (χ3n) is 3.86. The van der Waals surface area contributed by atoms with Crippen LogP contribution in [0.1, 0.15) is 21.9 Å². The minimum atomic E-state index is -4.60. The van der Waals surface area contributed by atoms with Crippen molar-refractivity contribution in [1.82, 2.24) is 5.43 Å². The number of furan rings is 1. The summed E-state index contributed by atoms with van der Waals surface area (Å²) in [5, 5.41) is 0. The highest BCUT2D eigenvalue weighted by molar-refractivity contribution is 7.90. The summed E-state index contributed by atoms with van der Waals surface area (Å²) in [6.45, 7) is 0. The average Bonchev–Trinajstić information content (AvgIpc) is 3.14. The number of hydrogen-bond acceptors (Lipinski definition) is 5. The molecular formula is C19H15F3N2O4S. The number of anilines is 1. The Morgan fingerprint density at radius 1 is 0.931 bits per heavy atom. The van der Waals surface area contributed by atoms with Crippen LogP contribution in [0.25, 0.3) is 0 Å². The first-order valence-corrected chi connectivity index (χ1v) is 9.91. The van der Waals surface area contributed by atoms with E-state index < -0.39 is 33.2 Å². The number of amides is 1. The number of nitrogens with one attached hydrogen (secondary N) is 2. The zero-order valence-electron chi connectivity index (χ0n) is 14.7. The number of rotatable bonds is 6. The van der Waals surface area contributed by atoms with Gasteiger partial charge in [0.05, 0.1) is 16.1 Å². The highest BCUT2D eigenvalue weighted by Gasteiger charge is 2.33. The van der Waals surface area contributed by atoms with Crippen molar-refractivity contribution in [2.75, 3.05) is 5.43 Å². The molecule has 0 aliphatic heterocycles. The predicted octanol–water partition coefficient (Wildman–Crippen LogP) is 4.03. The molecule has 2 N–H and O–H groups in total. The van der Waals surface area contributed by atoms with Crippen molar-refractivity contribution in [2.24, 2.45) is 0 Å². The number of carbonyl (C=O) groups excluding carboxylic acids is 1. The van der Waals surface area contributed by atoms with Crippen molar-refractivity contribution < 1.29 is 30.8 Å². The van der Waals surface area contributed by atoms with Gasteiger partial charge in [0.1, 0.15) is 11.5 Å². The Morgan fingerprint density at radius 3 is 2.28 bits per heavy atom. The highest BCUT2D eigenvalue weighted by Crippen LogP contribution is 2.34. The zero-order valence-corrected chi connectivity index (χ0v) is 15.5. The second-order valence-electron chi connectivity index (χ2n) is 5.96. The van der Waals surface area contributed by atoms with Gasteiger partial charge in [-0.2, -0.15) is 13.2 Å². The van der Waals surface area contributed by atoms with Crippen LogP contribution >= 0.6 is 0 Å². The van der Waals surface area contributed by atoms with E-state index in [2.05, 4.69) is 10.9 Å². The van der Waals surface area contributed by atoms with Gasteiger partial charge in [-0.25, -0.2) is 8.42 Å². The lowest BCUT2D eigenvalue weighted by molar-refractivity contribution is -0.137. The third kappa shape index (κ3) is 4.96. The molecule has 3 aromatic rings. The molecule has 10 heteroatoms. The van der Waals surface area contributed by atoms with Gasteiger partial charge < -0.3 is 4.42 Å². The Hall–Kier alpha value is -3.27. The van der Waals surface area contributed by atoms with Gasteiger partial charge in [0.2, 0.25) is 0 Å². The van der Waals surface area contributed by atoms with Crippen LogP contribution in [0.5, 0.6) is 0 Å². The fourth-order valence-corrected chi connectivity index (χ4v) is 3.77. The molecule has 1 aromatic heterocycles. The summed E-state index contributed by atoms with van der Waals surface area (Å²) in [5.74, 6) is -1.55. The molecule has 0 atom stereocenters. The second kappa shape index (κ2) is 8.00. The van der Waals surface area contributed by atoms with Crippen LogP contribution in [0, 0.1) is 0 Å². The Labute approximate surface area is 164 Å². The Kier molecular flexibility index (Phi) is 5.64. The van der Waals surface area contributed by atoms with Gasteiger partial charge in [-0.1, -0.05) is 30.3 Å². The van der Waals surface area contributed by atoms with Crippen LogP contribution in [0.3, 0.4) is 0 Å². The SMILES string of the molecule is O=C(NNc1ccccc1C(F)(F)F)c1ccc(CS(=O)(=O)c2ccccc2)o1. The maximum atomic E-state index is 13.0. The largest absolute Gasteiger partial charge is 0.455 e. The first kappa shape index (κ1) is 20.5. The molecule has 0 aliphatic carbocycles. The molecule has 1 heterocycles. The summed E-state index contributed by atoms with van der Waals surface area (Å²) in [6.07, 6.45) is -4.60. The number of hydrogen-bond donors (Lipinski definition) is 2. The van der Waals surface area contributed by atoms with Crippen LogP contribution in [-0.4, -0.2) is 14.3 Å². The van der Waals surface area contributed by atoms with Crippen molar-refractivity contribution in [1.29, 1.82) is 0 Å². The van der Waals surface area contributed by atoms with Crippen molar-refractivity contribution >= 4 is 21.4 Å². The smallest absolute Gasteiger partial charge is 0.418 e. The molecule has 0 spiro atoms. The van der Waals surface area contributed by atoms with Gasteiger partial charge in [0, 0.05) is 0 Å². The van der Waals surface area contributed by atoms with E-state index in [1.54, 1.807) is 18.2 Å². The van der Waals surface area contributed by atoms with Crippen LogP contribution in [0.4, 0.5) is 18.9 Å². The van der Waals surface area contributed by atoms with Crippen molar-refractivity contribution in [3.63, 3.8) is 0 Å². The number of hydrazine groups is 1. The predicted molar refractivity (Wildman–Crippen MR) is 98.6 cm³/mol. The third-order valence-corrected chi connectivity index (χ3v) is 5.52. The summed E-state index contributed by atoms with van der Waals surface area (Å²) in [5.41, 5.74) is 3.02. The molecule has 1 amide bonds. The van der Waals surface area contributed by atoms with E-state index in [1.807, 2.05) is 0 Å². The number of alkyl halides is 3. The van der Waals surface area contributed by atoms with E-state index in [0.29, 0.717) is 0 Å². The van der Waals surface area contributed by atoms with E-state index in [9.17, 15) is 26.4 Å². The number of para-hydroxylation sites is 1. The lowest BCUT2D eigenvalue weighted by Crippen LogP contribution is -2.30. The van der Waals surface area contributed by atoms with Gasteiger partial charge in [0.25, 0.3) is 0 Å². The van der Waals surface area contributed by atoms with E-state index in [-0.39, 0.29) is 22.1 Å². The van der Waals surface area contributed by atoms with Crippen molar-refractivity contribution in [3.8, 4) is 0 Å². The number of halogens is 3. The molecule has 0 aliphatic rings. The Bertz CT molecular complexity index is 1110. The normalized spacial score (nSPS) is 11.8. The van der Waals surface area contributed by atoms with Crippen molar-refractivity contribution in [2.45, 2.75) is 16.8 Å². The molecule has 0 saturated heterocycles. The number of carbonyl (C=O) groups is 1. The zero-order chi connectivity index (χ0) is 21.1. The van der Waals surface area contributed by atoms with Crippen LogP contribution in [0.15, 0.2) is 76.0 Å². The molecule has 0 unspecified atom stereocenters. The maximum Gasteiger partial charge on any atom is 0.418 e. The van der Waals surface area contributed by atoms with E-state index >= 15 is 0 Å². The van der Waals surface area contributed by atoms with Crippen LogP contribution in [-0.2, 0) is 21.8 Å². The standard InChI is InChI=1S/C19H15F3N2O4S/c20-19(21,22)15-8-4-5-9-16(15)23-24-18(25)17-11-10-13(28-17)12-29(26,27)14-6-2-1-3-7-14/h1-11,23H,12H2,(H,24,25). The van der Waals surface area contributed by atoms with Gasteiger partial charge >= 0.3 is 12.1 Å². The van der Waals surface area contributed by atoms with Gasteiger partial charge in [-0.05, 0) is 36.4 Å². The van der Waals surface area contributed by atoms with Gasteiger partial charge in [-0.15, -0.1) is 0 Å². The maximum absolute atomic E-state index is 13.0. The number of sulfone groups is 1. The fourth-order valence-electron chi connectivity index (χ4n) is 2.50. The van der Waals surface area contributed by atoms with Gasteiger partial charge in [0.15, 0.2) is 15.6 Å². The molecule has 6 nitrogen and oxygen atoms in total. The van der Waals surface area contributed by atoms with E-state index in [1.165, 1.54) is 36.4 Å². The Balaban J connectivity index is 1.68. The topological polar surface area (TPSA) is 88.4 Å². The molecule has 152 valence electrons. The van der Waals surface area contributed by atoms with E-state index in [0.717, 1.165) is 12.1 Å². The Morgan fingerprint density at radius 2 is 1.59 bits per heavy atom. The summed E-state index contributed by atoms with van der Waals surface area (Å²) in [6, 6.07) is 14.9. The van der Waals surface area contributed by atoms with Crippen molar-refractivity contribution in [3.05, 3.63) is 83.8 Å². The molecule has 0 saturated carbocycles. The molecule has 3 rings (SSSR count). The molecule has 29 heavy (non-hydrogen) atoms. The first-order valence-electron chi connectivity index (χ1n) is 8.26. The van der Waals surface area contributed by atoms with Gasteiger partial charge in [-0.3, -0.25) is 15.6 Å². The lowest BCUT2D eigenvalue weighted by Gasteiger charge is -2.14. The monoisotopic (exact) mass is 424 g/mol. The highest BCUT2D eigenvalue weighted by atomic mass is 32.2. The second-order valence-corrected chi connectivity index (χ2v) is 7.95. The quantitative estimate of drug-likeness (QED) is 0.584. The molecule has 0 bridgehead atoms. The first-order chi connectivity index (χ1) is 13.7. The van der Waals surface area contributed by atoms with Crippen LogP contribution < -0.4 is 10.9 Å². The summed E-state index contributed by atoms with van der Waals surface area (Å²) in [4.78, 5) is 12.2. The summed E-state index contributed by atoms with van der Waals surface area (Å²) < 4.78 is 68.8.